The number of halogens is 1. The zero-order valence-electron chi connectivity index (χ0n) is 12.9. The number of hydrogen-bond acceptors (Lipinski definition) is 1. The lowest BCUT2D eigenvalue weighted by Crippen LogP contribution is -2.10. The van der Waals surface area contributed by atoms with Gasteiger partial charge in [-0.1, -0.05) is 32.9 Å². The van der Waals surface area contributed by atoms with Crippen LogP contribution in [-0.4, -0.2) is 5.78 Å². The first kappa shape index (κ1) is 16.2. The molecule has 0 fully saturated rings. The molecule has 0 bridgehead atoms. The third-order valence-corrected chi connectivity index (χ3v) is 4.58. The molecule has 2 rings (SSSR count). The Morgan fingerprint density at radius 2 is 1.43 bits per heavy atom. The van der Waals surface area contributed by atoms with Gasteiger partial charge in [-0.15, -0.1) is 0 Å². The molecular weight excluding hydrogens is 371 g/mol. The summed E-state index contributed by atoms with van der Waals surface area (Å²) in [6, 6.07) is 12.2. The average molecular weight is 392 g/mol. The number of ketones is 1. The molecule has 0 aliphatic heterocycles. The highest BCUT2D eigenvalue weighted by atomic mass is 127. The summed E-state index contributed by atoms with van der Waals surface area (Å²) in [5.41, 5.74) is 5.37. The summed E-state index contributed by atoms with van der Waals surface area (Å²) in [5.74, 6) is 0.155. The molecule has 0 heterocycles. The van der Waals surface area contributed by atoms with E-state index in [0.29, 0.717) is 0 Å². The minimum absolute atomic E-state index is 0.155. The van der Waals surface area contributed by atoms with Gasteiger partial charge in [-0.05, 0) is 82.8 Å². The minimum Gasteiger partial charge on any atom is -0.289 e. The van der Waals surface area contributed by atoms with E-state index < -0.39 is 0 Å². The van der Waals surface area contributed by atoms with Crippen LogP contribution in [0.25, 0.3) is 0 Å². The first-order valence-electron chi connectivity index (χ1n) is 7.55. The van der Waals surface area contributed by atoms with Gasteiger partial charge in [0.25, 0.3) is 0 Å². The highest BCUT2D eigenvalue weighted by molar-refractivity contribution is 14.1. The Bertz CT molecular complexity index is 616. The molecule has 0 unspecified atom stereocenters. The third kappa shape index (κ3) is 3.54. The number of hydrogen-bond donors (Lipinski definition) is 0. The largest absolute Gasteiger partial charge is 0.289 e. The number of benzene rings is 2. The number of carbonyl (C=O) groups excluding carboxylic acids is 1. The molecule has 2 heteroatoms. The third-order valence-electron chi connectivity index (χ3n) is 3.87. The second-order valence-corrected chi connectivity index (χ2v) is 6.43. The van der Waals surface area contributed by atoms with Gasteiger partial charge in [0.1, 0.15) is 0 Å². The van der Waals surface area contributed by atoms with E-state index in [1.54, 1.807) is 0 Å². The number of carbonyl (C=O) groups is 1. The molecule has 0 amide bonds. The highest BCUT2D eigenvalue weighted by Crippen LogP contribution is 2.23. The fourth-order valence-corrected chi connectivity index (χ4v) is 3.00. The monoisotopic (exact) mass is 392 g/mol. The van der Waals surface area contributed by atoms with Crippen LogP contribution in [0.4, 0.5) is 0 Å². The molecule has 0 atom stereocenters. The molecule has 0 N–H and O–H groups in total. The molecule has 0 saturated carbocycles. The van der Waals surface area contributed by atoms with Crippen molar-refractivity contribution in [1.29, 1.82) is 0 Å². The molecule has 0 aliphatic carbocycles. The summed E-state index contributed by atoms with van der Waals surface area (Å²) in [7, 11) is 0. The van der Waals surface area contributed by atoms with E-state index in [4.69, 9.17) is 0 Å². The topological polar surface area (TPSA) is 17.1 Å². The summed E-state index contributed by atoms with van der Waals surface area (Å²) >= 11 is 2.26. The summed E-state index contributed by atoms with van der Waals surface area (Å²) in [6.07, 6.45) is 2.80. The lowest BCUT2D eigenvalue weighted by Gasteiger charge is -2.15. The summed E-state index contributed by atoms with van der Waals surface area (Å²) in [6.45, 7) is 6.41. The Morgan fingerprint density at radius 3 is 1.86 bits per heavy atom. The zero-order valence-corrected chi connectivity index (χ0v) is 15.0. The van der Waals surface area contributed by atoms with Gasteiger partial charge in [-0.25, -0.2) is 0 Å². The van der Waals surface area contributed by atoms with E-state index in [9.17, 15) is 4.79 Å². The Morgan fingerprint density at radius 1 is 0.905 bits per heavy atom. The Hall–Kier alpha value is -1.16. The Kier molecular flexibility index (Phi) is 5.57. The van der Waals surface area contributed by atoms with Crippen LogP contribution in [0.3, 0.4) is 0 Å². The maximum atomic E-state index is 12.9. The van der Waals surface area contributed by atoms with E-state index in [1.165, 1.54) is 16.7 Å². The van der Waals surface area contributed by atoms with Crippen molar-refractivity contribution >= 4 is 28.4 Å². The zero-order chi connectivity index (χ0) is 15.4. The van der Waals surface area contributed by atoms with E-state index in [0.717, 1.165) is 34.0 Å². The van der Waals surface area contributed by atoms with Crippen LogP contribution in [0.1, 0.15) is 53.4 Å². The first-order chi connectivity index (χ1) is 10.1. The van der Waals surface area contributed by atoms with Crippen molar-refractivity contribution in [2.24, 2.45) is 0 Å². The maximum absolute atomic E-state index is 12.9. The van der Waals surface area contributed by atoms with Crippen LogP contribution < -0.4 is 0 Å². The normalized spacial score (nSPS) is 10.7. The van der Waals surface area contributed by atoms with Gasteiger partial charge < -0.3 is 0 Å². The molecular formula is C19H21IO. The van der Waals surface area contributed by atoms with Gasteiger partial charge in [0.2, 0.25) is 0 Å². The first-order valence-corrected chi connectivity index (χ1v) is 8.63. The van der Waals surface area contributed by atoms with Gasteiger partial charge in [0.05, 0.1) is 0 Å². The lowest BCUT2D eigenvalue weighted by atomic mass is 9.89. The van der Waals surface area contributed by atoms with Crippen LogP contribution in [0.15, 0.2) is 36.4 Å². The average Bonchev–Trinajstić information content (AvgIpc) is 2.53. The highest BCUT2D eigenvalue weighted by Gasteiger charge is 2.17. The molecule has 0 aromatic heterocycles. The van der Waals surface area contributed by atoms with Crippen molar-refractivity contribution in [3.8, 4) is 0 Å². The van der Waals surface area contributed by atoms with E-state index in [1.807, 2.05) is 24.3 Å². The quantitative estimate of drug-likeness (QED) is 0.504. The van der Waals surface area contributed by atoms with Crippen molar-refractivity contribution in [2.75, 3.05) is 0 Å². The molecule has 0 aliphatic rings. The number of aryl methyl sites for hydroxylation is 3. The fourth-order valence-electron chi connectivity index (χ4n) is 2.64. The van der Waals surface area contributed by atoms with Gasteiger partial charge in [-0.2, -0.15) is 0 Å². The van der Waals surface area contributed by atoms with Crippen LogP contribution in [0, 0.1) is 3.57 Å². The van der Waals surface area contributed by atoms with Crippen molar-refractivity contribution in [3.05, 3.63) is 67.8 Å². The standard InChI is InChI=1S/C19H21IO/c1-4-13-11-14(5-2)18(15(6-3)12-13)19(21)16-7-9-17(20)10-8-16/h7-12H,4-6H2,1-3H3. The van der Waals surface area contributed by atoms with Gasteiger partial charge in [0, 0.05) is 14.7 Å². The fraction of sp³-hybridized carbons (Fsp3) is 0.316. The number of rotatable bonds is 5. The second-order valence-electron chi connectivity index (χ2n) is 5.19. The van der Waals surface area contributed by atoms with Crippen LogP contribution in [0.5, 0.6) is 0 Å². The van der Waals surface area contributed by atoms with Gasteiger partial charge in [-0.3, -0.25) is 4.79 Å². The predicted molar refractivity (Wildman–Crippen MR) is 97.2 cm³/mol. The molecule has 2 aromatic rings. The van der Waals surface area contributed by atoms with E-state index >= 15 is 0 Å². The SMILES string of the molecule is CCc1cc(CC)c(C(=O)c2ccc(I)cc2)c(CC)c1. The Balaban J connectivity index is 2.55. The van der Waals surface area contributed by atoms with Gasteiger partial charge >= 0.3 is 0 Å². The Labute approximate surface area is 140 Å². The van der Waals surface area contributed by atoms with Crippen molar-refractivity contribution in [1.82, 2.24) is 0 Å². The minimum atomic E-state index is 0.155. The van der Waals surface area contributed by atoms with Crippen LogP contribution in [0.2, 0.25) is 0 Å². The summed E-state index contributed by atoms with van der Waals surface area (Å²) in [5, 5.41) is 0. The van der Waals surface area contributed by atoms with E-state index in [-0.39, 0.29) is 5.78 Å². The van der Waals surface area contributed by atoms with Gasteiger partial charge in [0.15, 0.2) is 5.78 Å². The summed E-state index contributed by atoms with van der Waals surface area (Å²) in [4.78, 5) is 12.9. The smallest absolute Gasteiger partial charge is 0.193 e. The molecule has 1 nitrogen and oxygen atoms in total. The summed E-state index contributed by atoms with van der Waals surface area (Å²) < 4.78 is 1.15. The lowest BCUT2D eigenvalue weighted by molar-refractivity contribution is 0.103. The molecule has 110 valence electrons. The second kappa shape index (κ2) is 7.21. The van der Waals surface area contributed by atoms with Crippen LogP contribution >= 0.6 is 22.6 Å². The molecule has 2 aromatic carbocycles. The van der Waals surface area contributed by atoms with E-state index in [2.05, 4.69) is 55.5 Å². The molecule has 0 spiro atoms. The maximum Gasteiger partial charge on any atom is 0.193 e. The van der Waals surface area contributed by atoms with Crippen molar-refractivity contribution < 1.29 is 4.79 Å². The molecule has 0 saturated heterocycles. The predicted octanol–water partition coefficient (Wildman–Crippen LogP) is 5.21. The molecule has 21 heavy (non-hydrogen) atoms. The van der Waals surface area contributed by atoms with Crippen molar-refractivity contribution in [3.63, 3.8) is 0 Å². The van der Waals surface area contributed by atoms with Crippen molar-refractivity contribution in [2.45, 2.75) is 40.0 Å². The molecule has 0 radical (unpaired) electrons. The van der Waals surface area contributed by atoms with Crippen LogP contribution in [-0.2, 0) is 19.3 Å².